The molecule has 1 fully saturated rings. The van der Waals surface area contributed by atoms with Gasteiger partial charge in [-0.15, -0.1) is 0 Å². The Bertz CT molecular complexity index is 493. The van der Waals surface area contributed by atoms with Crippen LogP contribution in [0.15, 0.2) is 24.3 Å². The van der Waals surface area contributed by atoms with Gasteiger partial charge >= 0.3 is 0 Å². The second-order valence-corrected chi connectivity index (χ2v) is 6.37. The van der Waals surface area contributed by atoms with E-state index in [2.05, 4.69) is 22.3 Å². The van der Waals surface area contributed by atoms with Gasteiger partial charge in [-0.25, -0.2) is 0 Å². The fourth-order valence-corrected chi connectivity index (χ4v) is 2.76. The van der Waals surface area contributed by atoms with Crippen molar-refractivity contribution in [1.82, 2.24) is 5.32 Å². The second-order valence-electron chi connectivity index (χ2n) is 4.79. The maximum Gasteiger partial charge on any atom is 0.264 e. The zero-order valence-corrected chi connectivity index (χ0v) is 11.7. The molecule has 1 aliphatic rings. The average molecular weight is 284 g/mol. The van der Waals surface area contributed by atoms with Crippen LogP contribution < -0.4 is 10.2 Å². The minimum Gasteiger partial charge on any atom is -0.369 e. The quantitative estimate of drug-likeness (QED) is 0.787. The molecule has 1 saturated heterocycles. The van der Waals surface area contributed by atoms with Crippen LogP contribution in [0.4, 0.5) is 5.69 Å². The fraction of sp³-hybridized carbons (Fsp3) is 0.538. The Kier molecular flexibility index (Phi) is 4.79. The topological polar surface area (TPSA) is 69.6 Å². The number of nitrogens with zero attached hydrogens (tertiary/aromatic N) is 1. The van der Waals surface area contributed by atoms with Crippen LogP contribution in [-0.4, -0.2) is 44.9 Å². The summed E-state index contributed by atoms with van der Waals surface area (Å²) in [5.41, 5.74) is 2.31. The van der Waals surface area contributed by atoms with Crippen molar-refractivity contribution in [1.29, 1.82) is 0 Å². The molecule has 0 aliphatic carbocycles. The third-order valence-corrected chi connectivity index (χ3v) is 4.09. The smallest absolute Gasteiger partial charge is 0.264 e. The summed E-state index contributed by atoms with van der Waals surface area (Å²) in [6.45, 7) is 4.05. The predicted octanol–water partition coefficient (Wildman–Crippen LogP) is 0.917. The van der Waals surface area contributed by atoms with E-state index in [1.54, 1.807) is 0 Å². The maximum atomic E-state index is 10.6. The first kappa shape index (κ1) is 14.3. The zero-order chi connectivity index (χ0) is 13.7. The number of hydrogen-bond donors (Lipinski definition) is 2. The van der Waals surface area contributed by atoms with Gasteiger partial charge in [-0.3, -0.25) is 4.55 Å². The summed E-state index contributed by atoms with van der Waals surface area (Å²) in [5, 5.41) is 3.32. The highest BCUT2D eigenvalue weighted by molar-refractivity contribution is 7.85. The van der Waals surface area contributed by atoms with Crippen molar-refractivity contribution in [3.05, 3.63) is 29.8 Å². The third-order valence-electron chi connectivity index (χ3n) is 3.29. The fourth-order valence-electron chi connectivity index (χ4n) is 2.26. The van der Waals surface area contributed by atoms with Gasteiger partial charge in [0, 0.05) is 31.9 Å². The van der Waals surface area contributed by atoms with Gasteiger partial charge in [0.25, 0.3) is 10.1 Å². The first-order valence-electron chi connectivity index (χ1n) is 6.54. The van der Waals surface area contributed by atoms with Crippen molar-refractivity contribution in [2.75, 3.05) is 36.8 Å². The van der Waals surface area contributed by atoms with Crippen LogP contribution in [0.5, 0.6) is 0 Å². The van der Waals surface area contributed by atoms with Crippen molar-refractivity contribution >= 4 is 15.8 Å². The van der Waals surface area contributed by atoms with E-state index in [1.165, 1.54) is 5.69 Å². The second kappa shape index (κ2) is 6.36. The molecule has 1 aromatic rings. The molecule has 5 nitrogen and oxygen atoms in total. The van der Waals surface area contributed by atoms with Gasteiger partial charge in [-0.05, 0) is 30.5 Å². The number of benzene rings is 1. The molecule has 2 rings (SSSR count). The van der Waals surface area contributed by atoms with Crippen LogP contribution in [0.25, 0.3) is 0 Å². The average Bonchev–Trinajstić information content (AvgIpc) is 2.39. The molecule has 0 spiro atoms. The molecular formula is C13H20N2O3S. The summed E-state index contributed by atoms with van der Waals surface area (Å²) in [5.74, 6) is -0.174. The Morgan fingerprint density at radius 3 is 2.37 bits per heavy atom. The molecule has 0 saturated carbocycles. The van der Waals surface area contributed by atoms with E-state index in [0.29, 0.717) is 12.8 Å². The van der Waals surface area contributed by atoms with E-state index < -0.39 is 10.1 Å². The number of nitrogens with one attached hydrogen (secondary N) is 1. The van der Waals surface area contributed by atoms with Crippen LogP contribution in [0.3, 0.4) is 0 Å². The van der Waals surface area contributed by atoms with Gasteiger partial charge in [-0.2, -0.15) is 8.42 Å². The van der Waals surface area contributed by atoms with E-state index >= 15 is 0 Å². The molecule has 0 radical (unpaired) electrons. The Morgan fingerprint density at radius 2 is 1.79 bits per heavy atom. The first-order valence-corrected chi connectivity index (χ1v) is 8.15. The van der Waals surface area contributed by atoms with Crippen LogP contribution in [0, 0.1) is 0 Å². The summed E-state index contributed by atoms with van der Waals surface area (Å²) >= 11 is 0. The monoisotopic (exact) mass is 284 g/mol. The third kappa shape index (κ3) is 4.81. The number of aryl methyl sites for hydroxylation is 1. The van der Waals surface area contributed by atoms with E-state index in [1.807, 2.05) is 12.1 Å². The van der Waals surface area contributed by atoms with Crippen LogP contribution in [0.2, 0.25) is 0 Å². The molecule has 0 bridgehead atoms. The molecular weight excluding hydrogens is 264 g/mol. The van der Waals surface area contributed by atoms with Crippen molar-refractivity contribution in [2.45, 2.75) is 12.8 Å². The SMILES string of the molecule is O=S(=O)(O)CCCc1ccc(N2CCNCC2)cc1. The molecule has 0 amide bonds. The normalized spacial score (nSPS) is 16.6. The molecule has 1 heterocycles. The van der Waals surface area contributed by atoms with E-state index in [4.69, 9.17) is 4.55 Å². The zero-order valence-electron chi connectivity index (χ0n) is 10.9. The van der Waals surface area contributed by atoms with E-state index in [0.717, 1.165) is 31.7 Å². The molecule has 0 unspecified atom stereocenters. The summed E-state index contributed by atoms with van der Waals surface area (Å²) in [4.78, 5) is 2.33. The maximum absolute atomic E-state index is 10.6. The van der Waals surface area contributed by atoms with Gasteiger partial charge < -0.3 is 10.2 Å². The molecule has 6 heteroatoms. The Balaban J connectivity index is 1.87. The Hall–Kier alpha value is -1.11. The van der Waals surface area contributed by atoms with Gasteiger partial charge in [-0.1, -0.05) is 12.1 Å². The van der Waals surface area contributed by atoms with Crippen molar-refractivity contribution in [3.63, 3.8) is 0 Å². The molecule has 0 aromatic heterocycles. The number of rotatable bonds is 5. The predicted molar refractivity (Wildman–Crippen MR) is 76.3 cm³/mol. The lowest BCUT2D eigenvalue weighted by molar-refractivity contribution is 0.481. The highest BCUT2D eigenvalue weighted by Gasteiger charge is 2.10. The summed E-state index contributed by atoms with van der Waals surface area (Å²) in [7, 11) is -3.83. The Morgan fingerprint density at radius 1 is 1.16 bits per heavy atom. The molecule has 19 heavy (non-hydrogen) atoms. The first-order chi connectivity index (χ1) is 9.04. The molecule has 0 atom stereocenters. The van der Waals surface area contributed by atoms with Gasteiger partial charge in [0.05, 0.1) is 5.75 Å². The lowest BCUT2D eigenvalue weighted by Gasteiger charge is -2.29. The number of hydrogen-bond acceptors (Lipinski definition) is 4. The summed E-state index contributed by atoms with van der Waals surface area (Å²) in [6.07, 6.45) is 1.12. The highest BCUT2D eigenvalue weighted by Crippen LogP contribution is 2.16. The standard InChI is InChI=1S/C13H20N2O3S/c16-19(17,18)11-1-2-12-3-5-13(6-4-12)15-9-7-14-8-10-15/h3-6,14H,1-2,7-11H2,(H,16,17,18). The van der Waals surface area contributed by atoms with E-state index in [-0.39, 0.29) is 5.75 Å². The minimum atomic E-state index is -3.83. The van der Waals surface area contributed by atoms with Crippen molar-refractivity contribution in [3.8, 4) is 0 Å². The van der Waals surface area contributed by atoms with Crippen LogP contribution in [0.1, 0.15) is 12.0 Å². The molecule has 2 N–H and O–H groups in total. The lowest BCUT2D eigenvalue weighted by atomic mass is 10.1. The molecule has 1 aliphatic heterocycles. The molecule has 106 valence electrons. The van der Waals surface area contributed by atoms with Gasteiger partial charge in [0.15, 0.2) is 0 Å². The largest absolute Gasteiger partial charge is 0.369 e. The van der Waals surface area contributed by atoms with Crippen molar-refractivity contribution < 1.29 is 13.0 Å². The lowest BCUT2D eigenvalue weighted by Crippen LogP contribution is -2.43. The van der Waals surface area contributed by atoms with Gasteiger partial charge in [0.1, 0.15) is 0 Å². The number of anilines is 1. The summed E-state index contributed by atoms with van der Waals surface area (Å²) < 4.78 is 29.9. The molecule has 1 aromatic carbocycles. The van der Waals surface area contributed by atoms with Crippen LogP contribution in [-0.2, 0) is 16.5 Å². The van der Waals surface area contributed by atoms with Crippen LogP contribution >= 0.6 is 0 Å². The number of piperazine rings is 1. The summed E-state index contributed by atoms with van der Waals surface area (Å²) in [6, 6.07) is 8.21. The van der Waals surface area contributed by atoms with Gasteiger partial charge in [0.2, 0.25) is 0 Å². The minimum absolute atomic E-state index is 0.174. The highest BCUT2D eigenvalue weighted by atomic mass is 32.2. The Labute approximate surface area is 114 Å². The van der Waals surface area contributed by atoms with Crippen molar-refractivity contribution in [2.24, 2.45) is 0 Å². The van der Waals surface area contributed by atoms with E-state index in [9.17, 15) is 8.42 Å².